The van der Waals surface area contributed by atoms with Crippen molar-refractivity contribution in [2.75, 3.05) is 13.7 Å². The fraction of sp³-hybridized carbons (Fsp3) is 0.368. The Morgan fingerprint density at radius 2 is 1.96 bits per heavy atom. The van der Waals surface area contributed by atoms with E-state index in [4.69, 9.17) is 4.74 Å². The van der Waals surface area contributed by atoms with Crippen LogP contribution < -0.4 is 10.3 Å². The summed E-state index contributed by atoms with van der Waals surface area (Å²) in [4.78, 5) is 23.4. The molecule has 128 valence electrons. The van der Waals surface area contributed by atoms with E-state index in [1.165, 1.54) is 41.1 Å². The summed E-state index contributed by atoms with van der Waals surface area (Å²) in [7, 11) is 1.31. The van der Waals surface area contributed by atoms with Gasteiger partial charge >= 0.3 is 5.97 Å². The SMILES string of the molecule is COC(=O)c1ccc(=O)n(CCOc2ccc(C(C)C)c(C)c2)c1. The lowest BCUT2D eigenvalue weighted by Gasteiger charge is -2.13. The quantitative estimate of drug-likeness (QED) is 0.764. The molecule has 0 radical (unpaired) electrons. The Labute approximate surface area is 141 Å². The van der Waals surface area contributed by atoms with Gasteiger partial charge in [0.1, 0.15) is 12.4 Å². The van der Waals surface area contributed by atoms with Crippen LogP contribution >= 0.6 is 0 Å². The van der Waals surface area contributed by atoms with Crippen LogP contribution in [0.5, 0.6) is 5.75 Å². The lowest BCUT2D eigenvalue weighted by atomic mass is 9.98. The second-order valence-electron chi connectivity index (χ2n) is 5.96. The van der Waals surface area contributed by atoms with Crippen LogP contribution in [0.1, 0.15) is 41.3 Å². The first-order valence-corrected chi connectivity index (χ1v) is 7.94. The Balaban J connectivity index is 2.03. The zero-order valence-corrected chi connectivity index (χ0v) is 14.5. The Kier molecular flexibility index (Phi) is 5.79. The molecule has 1 aromatic carbocycles. The Hall–Kier alpha value is -2.56. The molecule has 0 aliphatic heterocycles. The number of aryl methyl sites for hydroxylation is 1. The summed E-state index contributed by atoms with van der Waals surface area (Å²) in [5, 5.41) is 0. The van der Waals surface area contributed by atoms with E-state index < -0.39 is 5.97 Å². The zero-order valence-electron chi connectivity index (χ0n) is 14.5. The molecule has 0 spiro atoms. The van der Waals surface area contributed by atoms with Gasteiger partial charge in [0.2, 0.25) is 0 Å². The van der Waals surface area contributed by atoms with E-state index in [0.717, 1.165) is 5.75 Å². The summed E-state index contributed by atoms with van der Waals surface area (Å²) in [6.07, 6.45) is 1.49. The van der Waals surface area contributed by atoms with Crippen molar-refractivity contribution < 1.29 is 14.3 Å². The van der Waals surface area contributed by atoms with Gasteiger partial charge in [-0.25, -0.2) is 4.79 Å². The van der Waals surface area contributed by atoms with E-state index in [0.29, 0.717) is 24.6 Å². The summed E-state index contributed by atoms with van der Waals surface area (Å²) < 4.78 is 11.8. The molecular formula is C19H23NO4. The third kappa shape index (κ3) is 4.25. The van der Waals surface area contributed by atoms with Crippen molar-refractivity contribution in [3.8, 4) is 5.75 Å². The van der Waals surface area contributed by atoms with E-state index >= 15 is 0 Å². The van der Waals surface area contributed by atoms with Crippen LogP contribution in [0.15, 0.2) is 41.3 Å². The largest absolute Gasteiger partial charge is 0.492 e. The highest BCUT2D eigenvalue weighted by Crippen LogP contribution is 2.23. The number of ether oxygens (including phenoxy) is 2. The van der Waals surface area contributed by atoms with E-state index in [-0.39, 0.29) is 5.56 Å². The van der Waals surface area contributed by atoms with Crippen LogP contribution in [0.2, 0.25) is 0 Å². The van der Waals surface area contributed by atoms with Gasteiger partial charge in [-0.3, -0.25) is 4.79 Å². The molecule has 2 aromatic rings. The van der Waals surface area contributed by atoms with Gasteiger partial charge in [-0.2, -0.15) is 0 Å². The molecule has 5 nitrogen and oxygen atoms in total. The normalized spacial score (nSPS) is 10.7. The molecule has 0 bridgehead atoms. The van der Waals surface area contributed by atoms with Gasteiger partial charge in [0, 0.05) is 12.3 Å². The van der Waals surface area contributed by atoms with Crippen molar-refractivity contribution in [3.05, 3.63) is 63.6 Å². The van der Waals surface area contributed by atoms with Crippen molar-refractivity contribution in [1.29, 1.82) is 0 Å². The monoisotopic (exact) mass is 329 g/mol. The molecule has 0 atom stereocenters. The fourth-order valence-electron chi connectivity index (χ4n) is 2.59. The van der Waals surface area contributed by atoms with Crippen LogP contribution in [0.25, 0.3) is 0 Å². The van der Waals surface area contributed by atoms with Gasteiger partial charge in [-0.05, 0) is 42.2 Å². The van der Waals surface area contributed by atoms with E-state index in [2.05, 4.69) is 31.6 Å². The van der Waals surface area contributed by atoms with Crippen LogP contribution in [0.3, 0.4) is 0 Å². The minimum Gasteiger partial charge on any atom is -0.492 e. The number of carbonyl (C=O) groups excluding carboxylic acids is 1. The predicted molar refractivity (Wildman–Crippen MR) is 92.8 cm³/mol. The number of methoxy groups -OCH3 is 1. The van der Waals surface area contributed by atoms with Crippen molar-refractivity contribution in [3.63, 3.8) is 0 Å². The molecule has 0 aliphatic rings. The maximum absolute atomic E-state index is 11.9. The lowest BCUT2D eigenvalue weighted by molar-refractivity contribution is 0.0599. The van der Waals surface area contributed by atoms with Gasteiger partial charge in [0.25, 0.3) is 5.56 Å². The second kappa shape index (κ2) is 7.81. The highest BCUT2D eigenvalue weighted by molar-refractivity contribution is 5.88. The van der Waals surface area contributed by atoms with Crippen molar-refractivity contribution >= 4 is 5.97 Å². The molecule has 0 N–H and O–H groups in total. The maximum atomic E-state index is 11.9. The maximum Gasteiger partial charge on any atom is 0.339 e. The number of hydrogen-bond donors (Lipinski definition) is 0. The third-order valence-electron chi connectivity index (χ3n) is 3.87. The van der Waals surface area contributed by atoms with Gasteiger partial charge in [-0.15, -0.1) is 0 Å². The second-order valence-corrected chi connectivity index (χ2v) is 5.96. The van der Waals surface area contributed by atoms with Gasteiger partial charge in [0.05, 0.1) is 19.2 Å². The molecular weight excluding hydrogens is 306 g/mol. The van der Waals surface area contributed by atoms with Crippen molar-refractivity contribution in [2.24, 2.45) is 0 Å². The smallest absolute Gasteiger partial charge is 0.339 e. The number of nitrogens with zero attached hydrogens (tertiary/aromatic N) is 1. The zero-order chi connectivity index (χ0) is 17.7. The Morgan fingerprint density at radius 1 is 1.21 bits per heavy atom. The molecule has 1 aromatic heterocycles. The number of pyridine rings is 1. The predicted octanol–water partition coefficient (Wildman–Crippen LogP) is 3.15. The summed E-state index contributed by atoms with van der Waals surface area (Å²) >= 11 is 0. The summed E-state index contributed by atoms with van der Waals surface area (Å²) in [6, 6.07) is 8.83. The first kappa shape index (κ1) is 17.8. The number of hydrogen-bond acceptors (Lipinski definition) is 4. The standard InChI is InChI=1S/C19H23NO4/c1-13(2)17-7-6-16(11-14(17)3)24-10-9-20-12-15(19(22)23-4)5-8-18(20)21/h5-8,11-13H,9-10H2,1-4H3. The molecule has 0 amide bonds. The molecule has 2 rings (SSSR count). The summed E-state index contributed by atoms with van der Waals surface area (Å²) in [5.74, 6) is 0.775. The Bertz CT molecular complexity index is 777. The number of benzene rings is 1. The first-order valence-electron chi connectivity index (χ1n) is 7.94. The number of esters is 1. The van der Waals surface area contributed by atoms with Crippen LogP contribution in [-0.2, 0) is 11.3 Å². The number of carbonyl (C=O) groups is 1. The fourth-order valence-corrected chi connectivity index (χ4v) is 2.59. The minimum atomic E-state index is -0.468. The van der Waals surface area contributed by atoms with E-state index in [9.17, 15) is 9.59 Å². The lowest BCUT2D eigenvalue weighted by Crippen LogP contribution is -2.23. The van der Waals surface area contributed by atoms with Gasteiger partial charge in [-0.1, -0.05) is 19.9 Å². The highest BCUT2D eigenvalue weighted by Gasteiger charge is 2.08. The molecule has 0 aliphatic carbocycles. The molecule has 0 saturated heterocycles. The van der Waals surface area contributed by atoms with Gasteiger partial charge in [0.15, 0.2) is 0 Å². The third-order valence-corrected chi connectivity index (χ3v) is 3.87. The molecule has 1 heterocycles. The first-order chi connectivity index (χ1) is 11.4. The highest BCUT2D eigenvalue weighted by atomic mass is 16.5. The van der Waals surface area contributed by atoms with Gasteiger partial charge < -0.3 is 14.0 Å². The summed E-state index contributed by atoms with van der Waals surface area (Å²) in [6.45, 7) is 7.07. The number of rotatable bonds is 6. The van der Waals surface area contributed by atoms with E-state index in [1.807, 2.05) is 12.1 Å². The topological polar surface area (TPSA) is 57.5 Å². The molecule has 5 heteroatoms. The van der Waals surface area contributed by atoms with Crippen LogP contribution in [0, 0.1) is 6.92 Å². The molecule has 0 fully saturated rings. The molecule has 0 unspecified atom stereocenters. The minimum absolute atomic E-state index is 0.183. The van der Waals surface area contributed by atoms with Crippen molar-refractivity contribution in [2.45, 2.75) is 33.2 Å². The summed E-state index contributed by atoms with van der Waals surface area (Å²) in [5.41, 5.74) is 2.64. The van der Waals surface area contributed by atoms with Crippen LogP contribution in [-0.4, -0.2) is 24.3 Å². The number of aromatic nitrogens is 1. The van der Waals surface area contributed by atoms with E-state index in [1.54, 1.807) is 0 Å². The average molecular weight is 329 g/mol. The van der Waals surface area contributed by atoms with Crippen LogP contribution in [0.4, 0.5) is 0 Å². The Morgan fingerprint density at radius 3 is 2.58 bits per heavy atom. The average Bonchev–Trinajstić information content (AvgIpc) is 2.55. The molecule has 0 saturated carbocycles. The van der Waals surface area contributed by atoms with Crippen molar-refractivity contribution in [1.82, 2.24) is 4.57 Å². The molecule has 24 heavy (non-hydrogen) atoms.